The minimum atomic E-state index is -0.0314. The molecule has 1 heterocycles. The van der Waals surface area contributed by atoms with Crippen LogP contribution in [-0.4, -0.2) is 41.8 Å². The van der Waals surface area contributed by atoms with Gasteiger partial charge in [0.15, 0.2) is 5.78 Å². The Bertz CT molecular complexity index is 560. The molecule has 140 valence electrons. The van der Waals surface area contributed by atoms with Crippen molar-refractivity contribution in [2.75, 3.05) is 13.2 Å². The molecule has 2 atom stereocenters. The molecule has 1 saturated heterocycles. The second-order valence-electron chi connectivity index (χ2n) is 6.39. The summed E-state index contributed by atoms with van der Waals surface area (Å²) in [7, 11) is 0. The minimum absolute atomic E-state index is 0. The molecule has 1 aromatic rings. The highest BCUT2D eigenvalue weighted by atomic mass is 35.5. The first-order valence-electron chi connectivity index (χ1n) is 8.84. The summed E-state index contributed by atoms with van der Waals surface area (Å²) in [5.41, 5.74) is 6.63. The zero-order valence-corrected chi connectivity index (χ0v) is 15.9. The number of halogens is 1. The monoisotopic (exact) mass is 368 g/mol. The van der Waals surface area contributed by atoms with Crippen molar-refractivity contribution in [1.82, 2.24) is 4.90 Å². The molecule has 2 rings (SSSR count). The van der Waals surface area contributed by atoms with Gasteiger partial charge in [-0.05, 0) is 57.4 Å². The Labute approximate surface area is 156 Å². The number of amides is 1. The highest BCUT2D eigenvalue weighted by Crippen LogP contribution is 2.21. The fourth-order valence-corrected chi connectivity index (χ4v) is 3.23. The molecule has 0 spiro atoms. The molecule has 25 heavy (non-hydrogen) atoms. The summed E-state index contributed by atoms with van der Waals surface area (Å²) in [6, 6.07) is 7.15. The smallest absolute Gasteiger partial charge is 0.223 e. The summed E-state index contributed by atoms with van der Waals surface area (Å²) in [4.78, 5) is 26.6. The van der Waals surface area contributed by atoms with Crippen LogP contribution in [0.4, 0.5) is 0 Å². The first-order valence-corrected chi connectivity index (χ1v) is 8.84. The highest BCUT2D eigenvalue weighted by molar-refractivity contribution is 5.98. The summed E-state index contributed by atoms with van der Waals surface area (Å²) < 4.78 is 5.37. The van der Waals surface area contributed by atoms with E-state index in [1.54, 1.807) is 24.3 Å². The first kappa shape index (κ1) is 21.5. The number of nitrogens with zero attached hydrogens (tertiary/aromatic N) is 1. The lowest BCUT2D eigenvalue weighted by molar-refractivity contribution is -0.135. The van der Waals surface area contributed by atoms with Crippen molar-refractivity contribution >= 4 is 24.1 Å². The molecular formula is C19H29ClN2O3. The second-order valence-corrected chi connectivity index (χ2v) is 6.39. The number of ketones is 1. The van der Waals surface area contributed by atoms with Gasteiger partial charge in [0, 0.05) is 37.0 Å². The molecule has 1 amide bonds. The number of piperidine rings is 1. The molecular weight excluding hydrogens is 340 g/mol. The summed E-state index contributed by atoms with van der Waals surface area (Å²) in [5, 5.41) is 0. The van der Waals surface area contributed by atoms with Crippen LogP contribution >= 0.6 is 12.4 Å². The quantitative estimate of drug-likeness (QED) is 0.750. The molecule has 0 aromatic heterocycles. The van der Waals surface area contributed by atoms with E-state index in [0.29, 0.717) is 12.2 Å². The van der Waals surface area contributed by atoms with Gasteiger partial charge >= 0.3 is 0 Å². The van der Waals surface area contributed by atoms with Gasteiger partial charge in [0.2, 0.25) is 5.91 Å². The number of benzene rings is 1. The SMILES string of the molecule is CCOc1ccc(C(=O)CCC(=O)N2CCCCC2C(C)N)cc1.Cl. The molecule has 0 saturated carbocycles. The maximum atomic E-state index is 12.5. The van der Waals surface area contributed by atoms with Crippen LogP contribution in [0.25, 0.3) is 0 Å². The lowest BCUT2D eigenvalue weighted by Gasteiger charge is -2.38. The third-order valence-electron chi connectivity index (χ3n) is 4.53. The maximum Gasteiger partial charge on any atom is 0.223 e. The third kappa shape index (κ3) is 6.01. The maximum absolute atomic E-state index is 12.5. The van der Waals surface area contributed by atoms with Gasteiger partial charge in [0.05, 0.1) is 6.61 Å². The second kappa shape index (κ2) is 10.4. The molecule has 1 aromatic carbocycles. The van der Waals surface area contributed by atoms with Crippen molar-refractivity contribution in [3.05, 3.63) is 29.8 Å². The standard InChI is InChI=1S/C19H28N2O3.ClH/c1-3-24-16-9-7-15(8-10-16)18(22)11-12-19(23)21-13-5-4-6-17(21)14(2)20;/h7-10,14,17H,3-6,11-13,20H2,1-2H3;1H. The van der Waals surface area contributed by atoms with E-state index in [1.807, 2.05) is 18.7 Å². The number of hydrogen-bond acceptors (Lipinski definition) is 4. The summed E-state index contributed by atoms with van der Waals surface area (Å²) >= 11 is 0. The van der Waals surface area contributed by atoms with E-state index in [2.05, 4.69) is 0 Å². The summed E-state index contributed by atoms with van der Waals surface area (Å²) in [5.74, 6) is 0.773. The van der Waals surface area contributed by atoms with Crippen LogP contribution in [-0.2, 0) is 4.79 Å². The number of carbonyl (C=O) groups is 2. The Morgan fingerprint density at radius 3 is 2.52 bits per heavy atom. The van der Waals surface area contributed by atoms with E-state index in [4.69, 9.17) is 10.5 Å². The number of nitrogens with two attached hydrogens (primary N) is 1. The molecule has 0 radical (unpaired) electrons. The van der Waals surface area contributed by atoms with E-state index in [0.717, 1.165) is 31.6 Å². The van der Waals surface area contributed by atoms with Crippen molar-refractivity contribution in [2.45, 2.75) is 58.0 Å². The van der Waals surface area contributed by atoms with E-state index < -0.39 is 0 Å². The molecule has 1 aliphatic rings. The van der Waals surface area contributed by atoms with Gasteiger partial charge in [-0.25, -0.2) is 0 Å². The van der Waals surface area contributed by atoms with Gasteiger partial charge < -0.3 is 15.4 Å². The Morgan fingerprint density at radius 2 is 1.92 bits per heavy atom. The van der Waals surface area contributed by atoms with Crippen LogP contribution in [0, 0.1) is 0 Å². The predicted molar refractivity (Wildman–Crippen MR) is 101 cm³/mol. The topological polar surface area (TPSA) is 72.6 Å². The highest BCUT2D eigenvalue weighted by Gasteiger charge is 2.29. The number of likely N-dealkylation sites (tertiary alicyclic amines) is 1. The first-order chi connectivity index (χ1) is 11.5. The van der Waals surface area contributed by atoms with Gasteiger partial charge in [0.25, 0.3) is 0 Å². The average molecular weight is 369 g/mol. The van der Waals surface area contributed by atoms with Crippen LogP contribution in [0.5, 0.6) is 5.75 Å². The fraction of sp³-hybridized carbons (Fsp3) is 0.579. The van der Waals surface area contributed by atoms with Crippen molar-refractivity contribution in [3.63, 3.8) is 0 Å². The average Bonchev–Trinajstić information content (AvgIpc) is 2.60. The molecule has 5 nitrogen and oxygen atoms in total. The van der Waals surface area contributed by atoms with Crippen LogP contribution in [0.1, 0.15) is 56.3 Å². The van der Waals surface area contributed by atoms with Crippen molar-refractivity contribution < 1.29 is 14.3 Å². The molecule has 0 aliphatic carbocycles. The largest absolute Gasteiger partial charge is 0.494 e. The van der Waals surface area contributed by atoms with Crippen molar-refractivity contribution in [2.24, 2.45) is 5.73 Å². The van der Waals surface area contributed by atoms with Gasteiger partial charge in [0.1, 0.15) is 5.75 Å². The minimum Gasteiger partial charge on any atom is -0.494 e. The van der Waals surface area contributed by atoms with Gasteiger partial charge in [-0.2, -0.15) is 0 Å². The van der Waals surface area contributed by atoms with Crippen LogP contribution in [0.2, 0.25) is 0 Å². The molecule has 1 aliphatic heterocycles. The number of rotatable bonds is 7. The Balaban J connectivity index is 0.00000312. The fourth-order valence-electron chi connectivity index (χ4n) is 3.23. The predicted octanol–water partition coefficient (Wildman–Crippen LogP) is 3.20. The summed E-state index contributed by atoms with van der Waals surface area (Å²) in [6.45, 7) is 5.21. The van der Waals surface area contributed by atoms with Gasteiger partial charge in [-0.15, -0.1) is 12.4 Å². The van der Waals surface area contributed by atoms with E-state index in [1.165, 1.54) is 0 Å². The normalized spacial score (nSPS) is 18.2. The third-order valence-corrected chi connectivity index (χ3v) is 4.53. The van der Waals surface area contributed by atoms with Gasteiger partial charge in [-0.1, -0.05) is 0 Å². The Kier molecular flexibility index (Phi) is 8.93. The zero-order chi connectivity index (χ0) is 17.5. The van der Waals surface area contributed by atoms with Crippen molar-refractivity contribution in [1.29, 1.82) is 0 Å². The van der Waals surface area contributed by atoms with E-state index in [-0.39, 0.29) is 49.0 Å². The number of ether oxygens (including phenoxy) is 1. The molecule has 6 heteroatoms. The lowest BCUT2D eigenvalue weighted by Crippen LogP contribution is -2.51. The van der Waals surface area contributed by atoms with Crippen LogP contribution in [0.15, 0.2) is 24.3 Å². The van der Waals surface area contributed by atoms with E-state index in [9.17, 15) is 9.59 Å². The van der Waals surface area contributed by atoms with Crippen LogP contribution in [0.3, 0.4) is 0 Å². The Morgan fingerprint density at radius 1 is 1.24 bits per heavy atom. The van der Waals surface area contributed by atoms with Crippen molar-refractivity contribution in [3.8, 4) is 5.75 Å². The number of hydrogen-bond donors (Lipinski definition) is 1. The molecule has 1 fully saturated rings. The molecule has 0 bridgehead atoms. The number of Topliss-reactive ketones (excluding diaryl/α,β-unsaturated/α-hetero) is 1. The Hall–Kier alpha value is -1.59. The lowest BCUT2D eigenvalue weighted by atomic mass is 9.96. The van der Waals surface area contributed by atoms with Crippen LogP contribution < -0.4 is 10.5 Å². The zero-order valence-electron chi connectivity index (χ0n) is 15.1. The number of carbonyl (C=O) groups excluding carboxylic acids is 2. The van der Waals surface area contributed by atoms with E-state index >= 15 is 0 Å². The molecule has 2 N–H and O–H groups in total. The van der Waals surface area contributed by atoms with Gasteiger partial charge in [-0.3, -0.25) is 9.59 Å². The summed E-state index contributed by atoms with van der Waals surface area (Å²) in [6.07, 6.45) is 3.56. The molecule has 2 unspecified atom stereocenters.